The van der Waals surface area contributed by atoms with Crippen molar-refractivity contribution in [2.45, 2.75) is 70.8 Å². The van der Waals surface area contributed by atoms with Crippen molar-refractivity contribution in [3.63, 3.8) is 0 Å². The molecule has 33 heavy (non-hydrogen) atoms. The van der Waals surface area contributed by atoms with Gasteiger partial charge in [-0.3, -0.25) is 9.59 Å². The second-order valence-corrected chi connectivity index (χ2v) is 8.72. The molecule has 3 N–H and O–H groups in total. The fourth-order valence-electron chi connectivity index (χ4n) is 4.03. The lowest BCUT2D eigenvalue weighted by Gasteiger charge is -2.22. The van der Waals surface area contributed by atoms with E-state index in [1.54, 1.807) is 12.1 Å². The molecule has 0 saturated heterocycles. The highest BCUT2D eigenvalue weighted by molar-refractivity contribution is 5.95. The lowest BCUT2D eigenvalue weighted by molar-refractivity contribution is -0.114. The van der Waals surface area contributed by atoms with Crippen molar-refractivity contribution in [3.05, 3.63) is 54.1 Å². The number of carbonyl (C=O) groups excluding carboxylic acids is 2. The van der Waals surface area contributed by atoms with E-state index in [-0.39, 0.29) is 24.4 Å². The van der Waals surface area contributed by atoms with Gasteiger partial charge in [0.05, 0.1) is 13.2 Å². The molecule has 0 heterocycles. The maximum atomic E-state index is 12.4. The molecule has 178 valence electrons. The molecule has 6 heteroatoms. The summed E-state index contributed by atoms with van der Waals surface area (Å²) in [5.41, 5.74) is 2.15. The summed E-state index contributed by atoms with van der Waals surface area (Å²) in [6.07, 6.45) is 10.4. The van der Waals surface area contributed by atoms with Crippen molar-refractivity contribution in [2.75, 3.05) is 23.8 Å². The molecule has 1 aliphatic carbocycles. The van der Waals surface area contributed by atoms with E-state index in [2.05, 4.69) is 22.9 Å². The summed E-state index contributed by atoms with van der Waals surface area (Å²) in [4.78, 5) is 24.8. The van der Waals surface area contributed by atoms with Gasteiger partial charge in [0.1, 0.15) is 5.75 Å². The first kappa shape index (κ1) is 24.6. The van der Waals surface area contributed by atoms with E-state index in [0.29, 0.717) is 17.9 Å². The number of hydrogen-bond acceptors (Lipinski definition) is 4. The van der Waals surface area contributed by atoms with Crippen LogP contribution in [0.5, 0.6) is 5.75 Å². The molecule has 0 spiro atoms. The van der Waals surface area contributed by atoms with E-state index < -0.39 is 0 Å². The van der Waals surface area contributed by atoms with Crippen molar-refractivity contribution < 1.29 is 14.3 Å². The fourth-order valence-corrected chi connectivity index (χ4v) is 4.03. The molecule has 0 atom stereocenters. The number of anilines is 2. The summed E-state index contributed by atoms with van der Waals surface area (Å²) >= 11 is 0. The van der Waals surface area contributed by atoms with Gasteiger partial charge in [0, 0.05) is 29.0 Å². The zero-order valence-corrected chi connectivity index (χ0v) is 19.7. The van der Waals surface area contributed by atoms with Gasteiger partial charge in [-0.05, 0) is 55.7 Å². The zero-order chi connectivity index (χ0) is 23.3. The Balaban J connectivity index is 1.40. The largest absolute Gasteiger partial charge is 0.494 e. The molecular weight excluding hydrogens is 414 g/mol. The minimum atomic E-state index is -0.144. The monoisotopic (exact) mass is 451 g/mol. The van der Waals surface area contributed by atoms with Crippen LogP contribution in [-0.4, -0.2) is 31.0 Å². The lowest BCUT2D eigenvalue weighted by Crippen LogP contribution is -2.36. The van der Waals surface area contributed by atoms with Gasteiger partial charge in [0.25, 0.3) is 5.91 Å². The molecule has 0 bridgehead atoms. The van der Waals surface area contributed by atoms with Crippen LogP contribution in [0.4, 0.5) is 11.4 Å². The molecule has 1 saturated carbocycles. The van der Waals surface area contributed by atoms with Crippen LogP contribution >= 0.6 is 0 Å². The van der Waals surface area contributed by atoms with Crippen molar-refractivity contribution in [3.8, 4) is 5.75 Å². The minimum Gasteiger partial charge on any atom is -0.494 e. The second-order valence-electron chi connectivity index (χ2n) is 8.72. The van der Waals surface area contributed by atoms with Crippen LogP contribution in [0.25, 0.3) is 0 Å². The third-order valence-electron chi connectivity index (χ3n) is 5.92. The Morgan fingerprint density at radius 2 is 1.73 bits per heavy atom. The van der Waals surface area contributed by atoms with E-state index in [1.165, 1.54) is 38.5 Å². The third kappa shape index (κ3) is 8.79. The summed E-state index contributed by atoms with van der Waals surface area (Å²) in [5, 5.41) is 9.12. The maximum Gasteiger partial charge on any atom is 0.251 e. The molecule has 2 aromatic carbocycles. The van der Waals surface area contributed by atoms with E-state index in [0.717, 1.165) is 30.7 Å². The topological polar surface area (TPSA) is 79.5 Å². The SMILES string of the molecule is CCCCCCOc1cccc(NC(=O)CNc2ccc(C(=O)NC3CCCCC3)cc2)c1. The average molecular weight is 452 g/mol. The molecule has 2 aromatic rings. The van der Waals surface area contributed by atoms with Crippen LogP contribution < -0.4 is 20.7 Å². The normalized spacial score (nSPS) is 13.8. The van der Waals surface area contributed by atoms with Gasteiger partial charge in [-0.25, -0.2) is 0 Å². The highest BCUT2D eigenvalue weighted by atomic mass is 16.5. The fraction of sp³-hybridized carbons (Fsp3) is 0.481. The summed E-state index contributed by atoms with van der Waals surface area (Å²) in [5.74, 6) is 0.590. The number of carbonyl (C=O) groups is 2. The van der Waals surface area contributed by atoms with Crippen molar-refractivity contribution in [2.24, 2.45) is 0 Å². The van der Waals surface area contributed by atoms with Crippen molar-refractivity contribution >= 4 is 23.2 Å². The third-order valence-corrected chi connectivity index (χ3v) is 5.92. The van der Waals surface area contributed by atoms with E-state index in [9.17, 15) is 9.59 Å². The van der Waals surface area contributed by atoms with Crippen molar-refractivity contribution in [1.82, 2.24) is 5.32 Å². The van der Waals surface area contributed by atoms with Gasteiger partial charge in [0.2, 0.25) is 5.91 Å². The highest BCUT2D eigenvalue weighted by Crippen LogP contribution is 2.19. The molecule has 0 aliphatic heterocycles. The summed E-state index contributed by atoms with van der Waals surface area (Å²) in [6, 6.07) is 15.0. The lowest BCUT2D eigenvalue weighted by atomic mass is 9.95. The highest BCUT2D eigenvalue weighted by Gasteiger charge is 2.16. The Morgan fingerprint density at radius 3 is 2.48 bits per heavy atom. The molecular formula is C27H37N3O3. The Morgan fingerprint density at radius 1 is 0.939 bits per heavy atom. The molecule has 1 fully saturated rings. The number of nitrogens with one attached hydrogen (secondary N) is 3. The predicted molar refractivity (Wildman–Crippen MR) is 134 cm³/mol. The van der Waals surface area contributed by atoms with Crippen LogP contribution in [0.2, 0.25) is 0 Å². The number of unbranched alkanes of at least 4 members (excludes halogenated alkanes) is 3. The van der Waals surface area contributed by atoms with Crippen LogP contribution in [0, 0.1) is 0 Å². The molecule has 2 amide bonds. The van der Waals surface area contributed by atoms with E-state index >= 15 is 0 Å². The van der Waals surface area contributed by atoms with Gasteiger partial charge in [-0.1, -0.05) is 51.5 Å². The summed E-state index contributed by atoms with van der Waals surface area (Å²) in [6.45, 7) is 3.01. The molecule has 3 rings (SSSR count). The van der Waals surface area contributed by atoms with E-state index in [4.69, 9.17) is 4.74 Å². The number of ether oxygens (including phenoxy) is 1. The standard InChI is InChI=1S/C27H37N3O3/c1-2-3-4-8-18-33-25-13-9-12-24(19-25)29-26(31)20-28-22-16-14-21(15-17-22)27(32)30-23-10-6-5-7-11-23/h9,12-17,19,23,28H,2-8,10-11,18,20H2,1H3,(H,29,31)(H,30,32). The predicted octanol–water partition coefficient (Wildman–Crippen LogP) is 5.76. The van der Waals surface area contributed by atoms with Crippen LogP contribution in [0.1, 0.15) is 75.1 Å². The number of hydrogen-bond donors (Lipinski definition) is 3. The number of rotatable bonds is 12. The first-order valence-corrected chi connectivity index (χ1v) is 12.3. The summed E-state index contributed by atoms with van der Waals surface area (Å²) < 4.78 is 5.78. The quantitative estimate of drug-likeness (QED) is 0.359. The van der Waals surface area contributed by atoms with Gasteiger partial charge in [-0.15, -0.1) is 0 Å². The zero-order valence-electron chi connectivity index (χ0n) is 19.7. The first-order chi connectivity index (χ1) is 16.1. The first-order valence-electron chi connectivity index (χ1n) is 12.3. The van der Waals surface area contributed by atoms with Gasteiger partial charge in [-0.2, -0.15) is 0 Å². The smallest absolute Gasteiger partial charge is 0.251 e. The molecule has 0 aromatic heterocycles. The number of benzene rings is 2. The van der Waals surface area contributed by atoms with Gasteiger partial charge >= 0.3 is 0 Å². The van der Waals surface area contributed by atoms with Crippen LogP contribution in [-0.2, 0) is 4.79 Å². The van der Waals surface area contributed by atoms with Crippen LogP contribution in [0.15, 0.2) is 48.5 Å². The molecule has 6 nitrogen and oxygen atoms in total. The second kappa shape index (κ2) is 13.5. The van der Waals surface area contributed by atoms with E-state index in [1.807, 2.05) is 36.4 Å². The van der Waals surface area contributed by atoms with Gasteiger partial charge < -0.3 is 20.7 Å². The number of amides is 2. The maximum absolute atomic E-state index is 12.4. The Bertz CT molecular complexity index is 876. The Hall–Kier alpha value is -3.02. The molecule has 0 unspecified atom stereocenters. The molecule has 1 aliphatic rings. The minimum absolute atomic E-state index is 0.0290. The van der Waals surface area contributed by atoms with Gasteiger partial charge in [0.15, 0.2) is 0 Å². The Kier molecular flexibility index (Phi) is 10.1. The van der Waals surface area contributed by atoms with Crippen molar-refractivity contribution in [1.29, 1.82) is 0 Å². The Labute approximate surface area is 197 Å². The average Bonchev–Trinajstić information content (AvgIpc) is 2.84. The molecule has 0 radical (unpaired) electrons. The summed E-state index contributed by atoms with van der Waals surface area (Å²) in [7, 11) is 0. The van der Waals surface area contributed by atoms with Crippen LogP contribution in [0.3, 0.4) is 0 Å².